The fourth-order valence-corrected chi connectivity index (χ4v) is 2.61. The van der Waals surface area contributed by atoms with E-state index < -0.39 is 17.1 Å². The number of halogens is 1. The van der Waals surface area contributed by atoms with Gasteiger partial charge in [-0.2, -0.15) is 0 Å². The Morgan fingerprint density at radius 1 is 1.17 bits per heavy atom. The van der Waals surface area contributed by atoms with E-state index in [1.807, 2.05) is 6.07 Å². The molecule has 2 heterocycles. The predicted octanol–water partition coefficient (Wildman–Crippen LogP) is 2.39. The second kappa shape index (κ2) is 6.27. The molecule has 7 heteroatoms. The molecule has 0 saturated carbocycles. The number of aromatic nitrogens is 4. The van der Waals surface area contributed by atoms with Crippen molar-refractivity contribution in [2.75, 3.05) is 0 Å². The van der Waals surface area contributed by atoms with Gasteiger partial charge in [-0.05, 0) is 25.5 Å². The summed E-state index contributed by atoms with van der Waals surface area (Å²) in [7, 11) is 0. The molecule has 2 aromatic heterocycles. The Hall–Kier alpha value is -2.96. The maximum atomic E-state index is 14.5. The number of aromatic amines is 1. The van der Waals surface area contributed by atoms with Crippen LogP contribution in [0.25, 0.3) is 23.1 Å². The Morgan fingerprint density at radius 2 is 1.83 bits per heavy atom. The van der Waals surface area contributed by atoms with E-state index in [1.54, 1.807) is 38.1 Å². The van der Waals surface area contributed by atoms with Gasteiger partial charge in [-0.15, -0.1) is 0 Å². The number of nitrogens with zero attached hydrogens (tertiary/aromatic N) is 3. The molecule has 0 radical (unpaired) electrons. The average Bonchev–Trinajstić information content (AvgIpc) is 3.02. The number of hydrogen-bond acceptors (Lipinski definition) is 3. The number of benzene rings is 1. The average molecular weight is 328 g/mol. The van der Waals surface area contributed by atoms with Crippen LogP contribution in [0, 0.1) is 0 Å². The van der Waals surface area contributed by atoms with Gasteiger partial charge in [-0.1, -0.05) is 30.3 Å². The smallest absolute Gasteiger partial charge is 0.330 e. The second-order valence-corrected chi connectivity index (χ2v) is 5.26. The molecule has 0 atom stereocenters. The molecule has 0 aliphatic carbocycles. The van der Waals surface area contributed by atoms with Crippen molar-refractivity contribution in [3.63, 3.8) is 0 Å². The standard InChI is InChI=1S/C17H17FN4O2/c1-3-21-15-13(16(23)22(4-2)17(21)24)19-14(20-15)12(18)10-11-8-6-5-7-9-11/h5-10H,3-4H2,1-2H3,(H,19,20)/b12-10+. The van der Waals surface area contributed by atoms with Gasteiger partial charge in [0.05, 0.1) is 0 Å². The number of nitrogens with one attached hydrogen (secondary N) is 1. The number of H-pyrrole nitrogens is 1. The highest BCUT2D eigenvalue weighted by Gasteiger charge is 2.17. The van der Waals surface area contributed by atoms with Crippen LogP contribution in [0.2, 0.25) is 0 Å². The molecule has 24 heavy (non-hydrogen) atoms. The zero-order chi connectivity index (χ0) is 17.3. The molecule has 1 aromatic carbocycles. The lowest BCUT2D eigenvalue weighted by Crippen LogP contribution is -2.39. The van der Waals surface area contributed by atoms with Crippen molar-refractivity contribution in [3.8, 4) is 0 Å². The zero-order valence-electron chi connectivity index (χ0n) is 13.4. The zero-order valence-corrected chi connectivity index (χ0v) is 13.4. The van der Waals surface area contributed by atoms with E-state index in [0.29, 0.717) is 12.1 Å². The molecule has 0 saturated heterocycles. The van der Waals surface area contributed by atoms with E-state index in [1.165, 1.54) is 10.6 Å². The van der Waals surface area contributed by atoms with Crippen LogP contribution < -0.4 is 11.2 Å². The summed E-state index contributed by atoms with van der Waals surface area (Å²) in [6, 6.07) is 8.95. The van der Waals surface area contributed by atoms with Crippen LogP contribution in [0.1, 0.15) is 25.2 Å². The monoisotopic (exact) mass is 328 g/mol. The summed E-state index contributed by atoms with van der Waals surface area (Å²) < 4.78 is 16.9. The Balaban J connectivity index is 2.22. The molecule has 0 fully saturated rings. The molecule has 6 nitrogen and oxygen atoms in total. The maximum absolute atomic E-state index is 14.5. The molecular weight excluding hydrogens is 311 g/mol. The Bertz CT molecular complexity index is 1030. The van der Waals surface area contributed by atoms with Crippen LogP contribution >= 0.6 is 0 Å². The molecule has 0 amide bonds. The lowest BCUT2D eigenvalue weighted by Gasteiger charge is -2.06. The van der Waals surface area contributed by atoms with Crippen LogP contribution in [0.4, 0.5) is 4.39 Å². The molecule has 3 aromatic rings. The lowest BCUT2D eigenvalue weighted by atomic mass is 10.2. The number of hydrogen-bond donors (Lipinski definition) is 1. The highest BCUT2D eigenvalue weighted by molar-refractivity contribution is 5.79. The van der Waals surface area contributed by atoms with E-state index in [4.69, 9.17) is 0 Å². The Kier molecular flexibility index (Phi) is 4.16. The second-order valence-electron chi connectivity index (χ2n) is 5.26. The van der Waals surface area contributed by atoms with Crippen molar-refractivity contribution in [2.45, 2.75) is 26.9 Å². The fraction of sp³-hybridized carbons (Fsp3) is 0.235. The van der Waals surface area contributed by atoms with Crippen molar-refractivity contribution in [2.24, 2.45) is 0 Å². The van der Waals surface area contributed by atoms with E-state index in [2.05, 4.69) is 9.97 Å². The first kappa shape index (κ1) is 15.9. The third-order valence-electron chi connectivity index (χ3n) is 3.81. The van der Waals surface area contributed by atoms with Crippen molar-refractivity contribution in [1.82, 2.24) is 19.1 Å². The minimum absolute atomic E-state index is 0.0681. The minimum atomic E-state index is -0.602. The van der Waals surface area contributed by atoms with Gasteiger partial charge in [0.15, 0.2) is 17.3 Å². The van der Waals surface area contributed by atoms with Crippen LogP contribution in [0.15, 0.2) is 39.9 Å². The summed E-state index contributed by atoms with van der Waals surface area (Å²) in [6.07, 6.45) is 1.32. The van der Waals surface area contributed by atoms with Gasteiger partial charge >= 0.3 is 5.69 Å². The van der Waals surface area contributed by atoms with Crippen LogP contribution in [0.3, 0.4) is 0 Å². The fourth-order valence-electron chi connectivity index (χ4n) is 2.61. The maximum Gasteiger partial charge on any atom is 0.332 e. The van der Waals surface area contributed by atoms with Gasteiger partial charge in [0.1, 0.15) is 5.52 Å². The molecule has 3 rings (SSSR count). The molecule has 0 unspecified atom stereocenters. The van der Waals surface area contributed by atoms with Gasteiger partial charge in [0, 0.05) is 13.1 Å². The van der Waals surface area contributed by atoms with Gasteiger partial charge in [0.2, 0.25) is 0 Å². The van der Waals surface area contributed by atoms with E-state index in [9.17, 15) is 14.0 Å². The minimum Gasteiger partial charge on any atom is -0.330 e. The summed E-state index contributed by atoms with van der Waals surface area (Å²) in [5.41, 5.74) is 0.0412. The summed E-state index contributed by atoms with van der Waals surface area (Å²) in [5, 5.41) is 0. The number of imidazole rings is 1. The summed E-state index contributed by atoms with van der Waals surface area (Å²) in [6.45, 7) is 4.06. The SMILES string of the molecule is CCn1c(=O)c2[nH]c(/C(F)=C\c3ccccc3)nc2n(CC)c1=O. The Morgan fingerprint density at radius 3 is 2.46 bits per heavy atom. The largest absolute Gasteiger partial charge is 0.332 e. The molecule has 0 aliphatic rings. The molecule has 0 spiro atoms. The molecular formula is C17H17FN4O2. The highest BCUT2D eigenvalue weighted by Crippen LogP contribution is 2.18. The van der Waals surface area contributed by atoms with Gasteiger partial charge in [-0.3, -0.25) is 13.9 Å². The quantitative estimate of drug-likeness (QED) is 0.799. The van der Waals surface area contributed by atoms with Crippen LogP contribution in [-0.4, -0.2) is 19.1 Å². The summed E-state index contributed by atoms with van der Waals surface area (Å²) in [5.74, 6) is -0.670. The van der Waals surface area contributed by atoms with Crippen molar-refractivity contribution < 1.29 is 4.39 Å². The van der Waals surface area contributed by atoms with Crippen molar-refractivity contribution in [1.29, 1.82) is 0 Å². The first-order valence-corrected chi connectivity index (χ1v) is 7.72. The summed E-state index contributed by atoms with van der Waals surface area (Å²) >= 11 is 0. The Labute approximate surface area is 136 Å². The topological polar surface area (TPSA) is 72.7 Å². The first-order chi connectivity index (χ1) is 11.6. The summed E-state index contributed by atoms with van der Waals surface area (Å²) in [4.78, 5) is 31.5. The first-order valence-electron chi connectivity index (χ1n) is 7.72. The van der Waals surface area contributed by atoms with Gasteiger partial charge < -0.3 is 4.98 Å². The van der Waals surface area contributed by atoms with E-state index >= 15 is 0 Å². The molecule has 0 bridgehead atoms. The van der Waals surface area contributed by atoms with Crippen LogP contribution in [-0.2, 0) is 13.1 Å². The van der Waals surface area contributed by atoms with Crippen LogP contribution in [0.5, 0.6) is 0 Å². The van der Waals surface area contributed by atoms with Crippen molar-refractivity contribution >= 4 is 23.1 Å². The highest BCUT2D eigenvalue weighted by atomic mass is 19.1. The number of aryl methyl sites for hydroxylation is 1. The number of rotatable bonds is 4. The van der Waals surface area contributed by atoms with Gasteiger partial charge in [-0.25, -0.2) is 14.2 Å². The molecule has 124 valence electrons. The molecule has 0 aliphatic heterocycles. The van der Waals surface area contributed by atoms with Gasteiger partial charge in [0.25, 0.3) is 5.56 Å². The lowest BCUT2D eigenvalue weighted by molar-refractivity contribution is 0.605. The van der Waals surface area contributed by atoms with E-state index in [0.717, 1.165) is 4.57 Å². The van der Waals surface area contributed by atoms with E-state index in [-0.39, 0.29) is 23.5 Å². The number of fused-ring (bicyclic) bond motifs is 1. The molecule has 1 N–H and O–H groups in total. The normalized spacial score (nSPS) is 12.0. The van der Waals surface area contributed by atoms with Crippen molar-refractivity contribution in [3.05, 3.63) is 62.6 Å². The third-order valence-corrected chi connectivity index (χ3v) is 3.81. The third kappa shape index (κ3) is 2.58. The predicted molar refractivity (Wildman–Crippen MR) is 91.4 cm³/mol.